The molecular weight excluding hydrogens is 877 g/mol. The standard InChI is InChI=1S/C54H72N6O9/c1-54(2,3)69-50(61)22-30-66-33-35-68-36-34-67-32-29-59(28-31-65-5)27-26-58(4)53(64)43-16-11-15-41(37-43)51(62)57-48-20-19-44(60-24-9-6-10-25-60)39-46(48)49-38-42(21-23-55-49)52(63)56-47-18-12-14-40-13-7-8-17-45(40)47/h7-8,11,13,15-17,19-21,23,37-39,47H,6,9-10,12,14,18,22,24-36H2,1-5H3,(H,56,63)(H,57,62)/t47-/m0/s1. The van der Waals surface area contributed by atoms with Crippen LogP contribution in [-0.2, 0) is 34.9 Å². The van der Waals surface area contributed by atoms with Crippen molar-refractivity contribution in [1.29, 1.82) is 0 Å². The number of pyridine rings is 1. The van der Waals surface area contributed by atoms with E-state index in [1.54, 1.807) is 61.7 Å². The molecule has 0 unspecified atom stereocenters. The molecule has 1 aliphatic heterocycles. The van der Waals surface area contributed by atoms with Gasteiger partial charge in [-0.25, -0.2) is 0 Å². The number of methoxy groups -OCH3 is 1. The number of anilines is 2. The fourth-order valence-corrected chi connectivity index (χ4v) is 8.51. The first-order valence-electron chi connectivity index (χ1n) is 24.5. The Morgan fingerprint density at radius 2 is 1.43 bits per heavy atom. The molecule has 1 saturated heterocycles. The molecule has 3 aromatic carbocycles. The molecular formula is C54H72N6O9. The molecule has 2 heterocycles. The minimum Gasteiger partial charge on any atom is -0.460 e. The summed E-state index contributed by atoms with van der Waals surface area (Å²) < 4.78 is 27.5. The maximum Gasteiger partial charge on any atom is 0.308 e. The van der Waals surface area contributed by atoms with Crippen LogP contribution in [0.5, 0.6) is 0 Å². The number of benzene rings is 3. The Labute approximate surface area is 408 Å². The van der Waals surface area contributed by atoms with Crippen LogP contribution in [0.3, 0.4) is 0 Å². The van der Waals surface area contributed by atoms with Crippen molar-refractivity contribution in [2.45, 2.75) is 77.4 Å². The second-order valence-electron chi connectivity index (χ2n) is 18.6. The first kappa shape index (κ1) is 52.7. The van der Waals surface area contributed by atoms with E-state index < -0.39 is 5.60 Å². The van der Waals surface area contributed by atoms with Crippen molar-refractivity contribution in [2.75, 3.05) is 110 Å². The summed E-state index contributed by atoms with van der Waals surface area (Å²) in [4.78, 5) is 64.3. The Balaban J connectivity index is 1.02. The van der Waals surface area contributed by atoms with Crippen LogP contribution in [0.15, 0.2) is 85.1 Å². The Bertz CT molecular complexity index is 2290. The smallest absolute Gasteiger partial charge is 0.308 e. The SMILES string of the molecule is COCCN(CCOCCOCCOCCC(=O)OC(C)(C)C)CCN(C)C(=O)c1cccc(C(=O)Nc2ccc(N3CCCCC3)cc2-c2cc(C(=O)N[C@H]3CCCc4ccccc43)ccn2)c1. The Hall–Kier alpha value is -5.71. The summed E-state index contributed by atoms with van der Waals surface area (Å²) in [5.74, 6) is -1.04. The largest absolute Gasteiger partial charge is 0.460 e. The van der Waals surface area contributed by atoms with Crippen molar-refractivity contribution in [3.63, 3.8) is 0 Å². The number of fused-ring (bicyclic) bond motifs is 1. The summed E-state index contributed by atoms with van der Waals surface area (Å²) in [5.41, 5.74) is 5.99. The lowest BCUT2D eigenvalue weighted by molar-refractivity contribution is -0.156. The normalized spacial score (nSPS) is 14.8. The summed E-state index contributed by atoms with van der Waals surface area (Å²) in [7, 11) is 3.41. The number of piperidine rings is 1. The molecule has 2 aliphatic rings. The molecule has 1 fully saturated rings. The molecule has 0 radical (unpaired) electrons. The summed E-state index contributed by atoms with van der Waals surface area (Å²) in [6.07, 6.45) is 8.14. The third-order valence-corrected chi connectivity index (χ3v) is 12.2. The molecule has 15 heteroatoms. The quantitative estimate of drug-likeness (QED) is 0.0496. The number of carbonyl (C=O) groups is 4. The topological polar surface area (TPSA) is 161 Å². The van der Waals surface area contributed by atoms with Crippen molar-refractivity contribution in [2.24, 2.45) is 0 Å². The first-order chi connectivity index (χ1) is 33.4. The lowest BCUT2D eigenvalue weighted by Gasteiger charge is -2.29. The van der Waals surface area contributed by atoms with Gasteiger partial charge in [-0.2, -0.15) is 0 Å². The number of nitrogens with zero attached hydrogens (tertiary/aromatic N) is 4. The van der Waals surface area contributed by atoms with Gasteiger partial charge in [0.15, 0.2) is 0 Å². The van der Waals surface area contributed by atoms with E-state index in [1.165, 1.54) is 17.5 Å². The van der Waals surface area contributed by atoms with Crippen LogP contribution < -0.4 is 15.5 Å². The first-order valence-corrected chi connectivity index (χ1v) is 24.5. The van der Waals surface area contributed by atoms with E-state index in [-0.39, 0.29) is 42.8 Å². The highest BCUT2D eigenvalue weighted by atomic mass is 16.6. The van der Waals surface area contributed by atoms with Crippen molar-refractivity contribution in [3.8, 4) is 11.3 Å². The molecule has 15 nitrogen and oxygen atoms in total. The molecule has 69 heavy (non-hydrogen) atoms. The maximum absolute atomic E-state index is 14.0. The number of rotatable bonds is 25. The van der Waals surface area contributed by atoms with Crippen LogP contribution in [0.2, 0.25) is 0 Å². The molecule has 0 saturated carbocycles. The number of aryl methyl sites for hydroxylation is 1. The zero-order chi connectivity index (χ0) is 49.0. The fraction of sp³-hybridized carbons (Fsp3) is 0.500. The fourth-order valence-electron chi connectivity index (χ4n) is 8.51. The van der Waals surface area contributed by atoms with Gasteiger partial charge >= 0.3 is 5.97 Å². The van der Waals surface area contributed by atoms with Crippen LogP contribution in [0.1, 0.15) is 108 Å². The molecule has 2 N–H and O–H groups in total. The van der Waals surface area contributed by atoms with Gasteiger partial charge in [0.1, 0.15) is 5.60 Å². The van der Waals surface area contributed by atoms with E-state index in [2.05, 4.69) is 32.6 Å². The Morgan fingerprint density at radius 3 is 2.20 bits per heavy atom. The van der Waals surface area contributed by atoms with E-state index in [0.29, 0.717) is 99.5 Å². The van der Waals surface area contributed by atoms with E-state index in [9.17, 15) is 19.2 Å². The van der Waals surface area contributed by atoms with Crippen LogP contribution >= 0.6 is 0 Å². The minimum atomic E-state index is -0.511. The summed E-state index contributed by atoms with van der Waals surface area (Å²) >= 11 is 0. The van der Waals surface area contributed by atoms with Crippen molar-refractivity contribution >= 4 is 35.1 Å². The van der Waals surface area contributed by atoms with Crippen LogP contribution in [0.4, 0.5) is 11.4 Å². The van der Waals surface area contributed by atoms with E-state index in [1.807, 2.05) is 51.1 Å². The Morgan fingerprint density at radius 1 is 0.725 bits per heavy atom. The third-order valence-electron chi connectivity index (χ3n) is 12.2. The molecule has 3 amide bonds. The van der Waals surface area contributed by atoms with Gasteiger partial charge in [0.25, 0.3) is 17.7 Å². The Kier molecular flexibility index (Phi) is 20.5. The molecule has 6 rings (SSSR count). The summed E-state index contributed by atoms with van der Waals surface area (Å²) in [6.45, 7) is 12.6. The number of aromatic nitrogens is 1. The van der Waals surface area contributed by atoms with Crippen molar-refractivity contribution in [1.82, 2.24) is 20.1 Å². The lowest BCUT2D eigenvalue weighted by atomic mass is 9.87. The number of hydrogen-bond acceptors (Lipinski definition) is 12. The summed E-state index contributed by atoms with van der Waals surface area (Å²) in [6, 6.07) is 24.5. The molecule has 0 spiro atoms. The second kappa shape index (κ2) is 26.9. The average Bonchev–Trinajstić information content (AvgIpc) is 3.35. The molecule has 0 bridgehead atoms. The van der Waals surface area contributed by atoms with Gasteiger partial charge in [0.2, 0.25) is 0 Å². The van der Waals surface area contributed by atoms with Gasteiger partial charge in [-0.1, -0.05) is 30.3 Å². The van der Waals surface area contributed by atoms with Gasteiger partial charge in [0.05, 0.1) is 70.1 Å². The second-order valence-corrected chi connectivity index (χ2v) is 18.6. The number of nitrogens with one attached hydrogen (secondary N) is 2. The average molecular weight is 949 g/mol. The maximum atomic E-state index is 14.0. The molecule has 1 aliphatic carbocycles. The molecule has 1 aromatic heterocycles. The van der Waals surface area contributed by atoms with Gasteiger partial charge in [-0.05, 0) is 119 Å². The van der Waals surface area contributed by atoms with E-state index in [0.717, 1.165) is 50.9 Å². The predicted octanol–water partition coefficient (Wildman–Crippen LogP) is 7.60. The molecule has 372 valence electrons. The number of ether oxygens (including phenoxy) is 5. The van der Waals surface area contributed by atoms with Crippen LogP contribution in [0, 0.1) is 0 Å². The molecule has 4 aromatic rings. The highest BCUT2D eigenvalue weighted by Crippen LogP contribution is 2.34. The van der Waals surface area contributed by atoms with Gasteiger partial charge in [-0.15, -0.1) is 0 Å². The number of amides is 3. The number of likely N-dealkylation sites (N-methyl/N-ethyl adjacent to an activating group) is 1. The predicted molar refractivity (Wildman–Crippen MR) is 268 cm³/mol. The summed E-state index contributed by atoms with van der Waals surface area (Å²) in [5, 5.41) is 6.38. The van der Waals surface area contributed by atoms with Gasteiger partial charge in [-0.3, -0.25) is 29.1 Å². The zero-order valence-electron chi connectivity index (χ0n) is 41.3. The van der Waals surface area contributed by atoms with Crippen molar-refractivity contribution in [3.05, 3.63) is 113 Å². The van der Waals surface area contributed by atoms with Gasteiger partial charge < -0.3 is 44.1 Å². The van der Waals surface area contributed by atoms with Crippen LogP contribution in [-0.4, -0.2) is 144 Å². The zero-order valence-corrected chi connectivity index (χ0v) is 41.3. The van der Waals surface area contributed by atoms with Gasteiger partial charge in [0, 0.05) is 87.6 Å². The number of carbonyl (C=O) groups excluding carboxylic acids is 4. The lowest BCUT2D eigenvalue weighted by Crippen LogP contribution is -2.39. The van der Waals surface area contributed by atoms with Crippen LogP contribution in [0.25, 0.3) is 11.3 Å². The highest BCUT2D eigenvalue weighted by molar-refractivity contribution is 6.08. The number of hydrogen-bond donors (Lipinski definition) is 2. The van der Waals surface area contributed by atoms with E-state index in [4.69, 9.17) is 28.7 Å². The minimum absolute atomic E-state index is 0.0679. The number of esters is 1. The molecule has 1 atom stereocenters. The van der Waals surface area contributed by atoms with E-state index >= 15 is 0 Å². The monoisotopic (exact) mass is 949 g/mol. The highest BCUT2D eigenvalue weighted by Gasteiger charge is 2.24. The van der Waals surface area contributed by atoms with Crippen molar-refractivity contribution < 1.29 is 42.9 Å². The third kappa shape index (κ3) is 16.7.